The number of rotatable bonds is 5. The highest BCUT2D eigenvalue weighted by Gasteiger charge is 2.29. The van der Waals surface area contributed by atoms with Gasteiger partial charge >= 0.3 is 0 Å². The predicted octanol–water partition coefficient (Wildman–Crippen LogP) is 1.93. The van der Waals surface area contributed by atoms with Gasteiger partial charge in [-0.25, -0.2) is 0 Å². The monoisotopic (exact) mass is 226 g/mol. The number of carbonyl (C=O) groups is 1. The summed E-state index contributed by atoms with van der Waals surface area (Å²) >= 11 is 0. The quantitative estimate of drug-likeness (QED) is 0.752. The number of hydrogen-bond acceptors (Lipinski definition) is 2. The van der Waals surface area contributed by atoms with Crippen molar-refractivity contribution in [3.05, 3.63) is 0 Å². The molecule has 0 spiro atoms. The van der Waals surface area contributed by atoms with E-state index in [0.717, 1.165) is 12.5 Å². The Kier molecular flexibility index (Phi) is 4.78. The summed E-state index contributed by atoms with van der Waals surface area (Å²) in [6.07, 6.45) is 5.17. The first-order valence-corrected chi connectivity index (χ1v) is 6.45. The predicted molar refractivity (Wildman–Crippen MR) is 67.3 cm³/mol. The van der Waals surface area contributed by atoms with Crippen LogP contribution in [0.2, 0.25) is 0 Å². The van der Waals surface area contributed by atoms with Crippen LogP contribution in [0.5, 0.6) is 0 Å². The summed E-state index contributed by atoms with van der Waals surface area (Å²) in [5.74, 6) is 1.01. The largest absolute Gasteiger partial charge is 0.359 e. The van der Waals surface area contributed by atoms with Gasteiger partial charge in [0.2, 0.25) is 5.91 Å². The van der Waals surface area contributed by atoms with Crippen molar-refractivity contribution >= 4 is 5.91 Å². The van der Waals surface area contributed by atoms with Gasteiger partial charge in [-0.15, -0.1) is 0 Å². The summed E-state index contributed by atoms with van der Waals surface area (Å²) in [6.45, 7) is 7.02. The topological polar surface area (TPSA) is 41.1 Å². The minimum atomic E-state index is -0.306. The van der Waals surface area contributed by atoms with Crippen molar-refractivity contribution in [1.82, 2.24) is 10.6 Å². The fourth-order valence-corrected chi connectivity index (χ4v) is 2.45. The van der Waals surface area contributed by atoms with Gasteiger partial charge in [-0.2, -0.15) is 0 Å². The molecule has 1 rings (SSSR count). The second kappa shape index (κ2) is 5.67. The lowest BCUT2D eigenvalue weighted by molar-refractivity contribution is -0.128. The molecule has 0 radical (unpaired) electrons. The zero-order valence-corrected chi connectivity index (χ0v) is 11.1. The molecule has 0 bridgehead atoms. The molecule has 0 saturated heterocycles. The zero-order chi connectivity index (χ0) is 12.2. The van der Waals surface area contributed by atoms with E-state index in [2.05, 4.69) is 17.6 Å². The minimum Gasteiger partial charge on any atom is -0.359 e. The normalized spacial score (nSPS) is 25.8. The van der Waals surface area contributed by atoms with Gasteiger partial charge < -0.3 is 10.6 Å². The minimum absolute atomic E-state index is 0.116. The average Bonchev–Trinajstić information content (AvgIpc) is 2.73. The summed E-state index contributed by atoms with van der Waals surface area (Å²) in [5, 5.41) is 6.26. The third kappa shape index (κ3) is 3.48. The Balaban J connectivity index is 2.32. The van der Waals surface area contributed by atoms with Crippen LogP contribution in [0.4, 0.5) is 0 Å². The highest BCUT2D eigenvalue weighted by atomic mass is 16.2. The van der Waals surface area contributed by atoms with Crippen LogP contribution in [0.1, 0.15) is 46.5 Å². The first kappa shape index (κ1) is 13.5. The average molecular weight is 226 g/mol. The van der Waals surface area contributed by atoms with Crippen molar-refractivity contribution in [1.29, 1.82) is 0 Å². The maximum atomic E-state index is 11.6. The highest BCUT2D eigenvalue weighted by molar-refractivity contribution is 5.81. The van der Waals surface area contributed by atoms with E-state index in [1.54, 1.807) is 7.05 Å². The lowest BCUT2D eigenvalue weighted by Crippen LogP contribution is -2.44. The molecule has 0 aromatic carbocycles. The third-order valence-corrected chi connectivity index (χ3v) is 3.79. The molecule has 2 unspecified atom stereocenters. The molecule has 0 aromatic rings. The van der Waals surface area contributed by atoms with Gasteiger partial charge in [-0.05, 0) is 39.0 Å². The molecular formula is C13H26N2O. The molecule has 1 amide bonds. The van der Waals surface area contributed by atoms with Crippen LogP contribution < -0.4 is 10.6 Å². The van der Waals surface area contributed by atoms with E-state index in [0.29, 0.717) is 6.04 Å². The zero-order valence-electron chi connectivity index (χ0n) is 11.1. The lowest BCUT2D eigenvalue weighted by Gasteiger charge is -2.25. The van der Waals surface area contributed by atoms with Crippen LogP contribution in [-0.2, 0) is 4.79 Å². The Morgan fingerprint density at radius 3 is 2.56 bits per heavy atom. The first-order valence-electron chi connectivity index (χ1n) is 6.45. The standard InChI is InChI=1S/C13H26N2O/c1-5-10-6-7-11(8-10)15-9-13(2,3)12(16)14-4/h10-11,15H,5-9H2,1-4H3,(H,14,16). The van der Waals surface area contributed by atoms with Crippen LogP contribution in [0.25, 0.3) is 0 Å². The van der Waals surface area contributed by atoms with Crippen molar-refractivity contribution in [2.24, 2.45) is 11.3 Å². The van der Waals surface area contributed by atoms with E-state index >= 15 is 0 Å². The van der Waals surface area contributed by atoms with Gasteiger partial charge in [0.15, 0.2) is 0 Å². The van der Waals surface area contributed by atoms with E-state index in [1.807, 2.05) is 13.8 Å². The molecule has 2 atom stereocenters. The Labute approximate surface area is 99.4 Å². The van der Waals surface area contributed by atoms with Crippen LogP contribution in [0.3, 0.4) is 0 Å². The van der Waals surface area contributed by atoms with Gasteiger partial charge in [0.1, 0.15) is 0 Å². The number of hydrogen-bond donors (Lipinski definition) is 2. The van der Waals surface area contributed by atoms with E-state index < -0.39 is 0 Å². The van der Waals surface area contributed by atoms with Crippen molar-refractivity contribution in [2.75, 3.05) is 13.6 Å². The summed E-state index contributed by atoms with van der Waals surface area (Å²) in [4.78, 5) is 11.6. The molecule has 1 saturated carbocycles. The fourth-order valence-electron chi connectivity index (χ4n) is 2.45. The van der Waals surface area contributed by atoms with Crippen LogP contribution in [0.15, 0.2) is 0 Å². The molecule has 3 nitrogen and oxygen atoms in total. The van der Waals surface area contributed by atoms with Crippen molar-refractivity contribution < 1.29 is 4.79 Å². The number of amides is 1. The maximum absolute atomic E-state index is 11.6. The molecule has 16 heavy (non-hydrogen) atoms. The van der Waals surface area contributed by atoms with Crippen LogP contribution >= 0.6 is 0 Å². The SMILES string of the molecule is CCC1CCC(NCC(C)(C)C(=O)NC)C1. The number of nitrogens with one attached hydrogen (secondary N) is 2. The van der Waals surface area contributed by atoms with E-state index in [9.17, 15) is 4.79 Å². The Bertz CT molecular complexity index is 238. The van der Waals surface area contributed by atoms with E-state index in [1.165, 1.54) is 25.7 Å². The summed E-state index contributed by atoms with van der Waals surface area (Å²) in [6, 6.07) is 0.619. The maximum Gasteiger partial charge on any atom is 0.226 e. The van der Waals surface area contributed by atoms with Crippen molar-refractivity contribution in [2.45, 2.75) is 52.5 Å². The Morgan fingerprint density at radius 2 is 2.06 bits per heavy atom. The Hall–Kier alpha value is -0.570. The molecule has 0 aromatic heterocycles. The molecule has 2 N–H and O–H groups in total. The Morgan fingerprint density at radius 1 is 1.38 bits per heavy atom. The summed E-state index contributed by atoms with van der Waals surface area (Å²) in [5.41, 5.74) is -0.306. The molecule has 1 aliphatic rings. The van der Waals surface area contributed by atoms with E-state index in [-0.39, 0.29) is 11.3 Å². The fraction of sp³-hybridized carbons (Fsp3) is 0.923. The molecule has 94 valence electrons. The smallest absolute Gasteiger partial charge is 0.226 e. The number of carbonyl (C=O) groups excluding carboxylic acids is 1. The molecule has 0 aliphatic heterocycles. The summed E-state index contributed by atoms with van der Waals surface area (Å²) in [7, 11) is 1.70. The van der Waals surface area contributed by atoms with Crippen molar-refractivity contribution in [3.63, 3.8) is 0 Å². The van der Waals surface area contributed by atoms with E-state index in [4.69, 9.17) is 0 Å². The van der Waals surface area contributed by atoms with Crippen LogP contribution in [0, 0.1) is 11.3 Å². The first-order chi connectivity index (χ1) is 7.49. The summed E-state index contributed by atoms with van der Waals surface area (Å²) < 4.78 is 0. The van der Waals surface area contributed by atoms with Gasteiger partial charge in [0, 0.05) is 19.6 Å². The second-order valence-electron chi connectivity index (χ2n) is 5.63. The van der Waals surface area contributed by atoms with Crippen LogP contribution in [-0.4, -0.2) is 25.5 Å². The van der Waals surface area contributed by atoms with Crippen molar-refractivity contribution in [3.8, 4) is 0 Å². The van der Waals surface area contributed by atoms with Gasteiger partial charge in [0.25, 0.3) is 0 Å². The van der Waals surface area contributed by atoms with Gasteiger partial charge in [-0.3, -0.25) is 4.79 Å². The molecular weight excluding hydrogens is 200 g/mol. The molecule has 0 heterocycles. The van der Waals surface area contributed by atoms with Gasteiger partial charge in [0.05, 0.1) is 5.41 Å². The molecule has 1 fully saturated rings. The molecule has 1 aliphatic carbocycles. The highest BCUT2D eigenvalue weighted by Crippen LogP contribution is 2.28. The van der Waals surface area contributed by atoms with Gasteiger partial charge in [-0.1, -0.05) is 13.3 Å². The third-order valence-electron chi connectivity index (χ3n) is 3.79. The molecule has 3 heteroatoms. The lowest BCUT2D eigenvalue weighted by atomic mass is 9.92. The second-order valence-corrected chi connectivity index (χ2v) is 5.63.